The predicted molar refractivity (Wildman–Crippen MR) is 139 cm³/mol. The first-order valence-electron chi connectivity index (χ1n) is 12.7. The summed E-state index contributed by atoms with van der Waals surface area (Å²) in [6, 6.07) is 2.04. The van der Waals surface area contributed by atoms with Crippen LogP contribution in [0.1, 0.15) is 43.8 Å². The quantitative estimate of drug-likeness (QED) is 0.636. The van der Waals surface area contributed by atoms with Crippen LogP contribution in [0.5, 0.6) is 0 Å². The van der Waals surface area contributed by atoms with E-state index in [9.17, 15) is 4.79 Å². The van der Waals surface area contributed by atoms with Crippen LogP contribution in [0.2, 0.25) is 0 Å². The molecule has 7 nitrogen and oxygen atoms in total. The molecule has 7 heteroatoms. The van der Waals surface area contributed by atoms with Crippen molar-refractivity contribution in [3.63, 3.8) is 0 Å². The van der Waals surface area contributed by atoms with E-state index in [1.165, 1.54) is 6.42 Å². The maximum atomic E-state index is 13.4. The number of hydrogen-bond acceptors (Lipinski definition) is 5. The lowest BCUT2D eigenvalue weighted by Gasteiger charge is -2.38. The Kier molecular flexibility index (Phi) is 6.68. The van der Waals surface area contributed by atoms with E-state index in [0.29, 0.717) is 0 Å². The standard InChI is InChI=1S/C28H34N6O/c1-4-7-25-27-18-26(30-34(27)19-21(3)29-25)22-8-6-9-23-10-11-24(20-33(23)28(35)17-22)32-15-13-31(12-5-2)14-16-32/h6,8-11,17-20H,4-5,7,12-16H2,1-3H3/b8-6?,22-17?,23-9+. The minimum Gasteiger partial charge on any atom is -0.368 e. The Balaban J connectivity index is 1.42. The highest BCUT2D eigenvalue weighted by Crippen LogP contribution is 2.26. The summed E-state index contributed by atoms with van der Waals surface area (Å²) in [7, 11) is 0. The molecule has 1 amide bonds. The number of aryl methyl sites for hydroxylation is 2. The molecule has 2 aromatic heterocycles. The second-order valence-electron chi connectivity index (χ2n) is 9.41. The van der Waals surface area contributed by atoms with Crippen molar-refractivity contribution >= 4 is 17.0 Å². The Labute approximate surface area is 207 Å². The number of nitrogens with zero attached hydrogens (tertiary/aromatic N) is 6. The number of hydrogen-bond donors (Lipinski definition) is 0. The molecule has 182 valence electrons. The minimum absolute atomic E-state index is 0.0674. The van der Waals surface area contributed by atoms with Gasteiger partial charge in [0.05, 0.1) is 34.5 Å². The lowest BCUT2D eigenvalue weighted by atomic mass is 10.1. The Bertz CT molecular complexity index is 1270. The fourth-order valence-electron chi connectivity index (χ4n) is 4.97. The van der Waals surface area contributed by atoms with Crippen LogP contribution in [0.15, 0.2) is 66.3 Å². The van der Waals surface area contributed by atoms with Gasteiger partial charge in [-0.1, -0.05) is 32.4 Å². The van der Waals surface area contributed by atoms with Crippen LogP contribution in [0, 0.1) is 6.92 Å². The van der Waals surface area contributed by atoms with E-state index in [-0.39, 0.29) is 5.91 Å². The fourth-order valence-corrected chi connectivity index (χ4v) is 4.97. The number of fused-ring (bicyclic) bond motifs is 2. The van der Waals surface area contributed by atoms with Crippen molar-refractivity contribution < 1.29 is 4.79 Å². The first kappa shape index (κ1) is 23.3. The van der Waals surface area contributed by atoms with Crippen LogP contribution < -0.4 is 0 Å². The van der Waals surface area contributed by atoms with Gasteiger partial charge in [0.15, 0.2) is 0 Å². The smallest absolute Gasteiger partial charge is 0.255 e. The maximum absolute atomic E-state index is 13.4. The number of aromatic nitrogens is 3. The summed E-state index contributed by atoms with van der Waals surface area (Å²) in [4.78, 5) is 24.8. The number of rotatable bonds is 6. The Morgan fingerprint density at radius 3 is 2.57 bits per heavy atom. The Morgan fingerprint density at radius 1 is 1.00 bits per heavy atom. The summed E-state index contributed by atoms with van der Waals surface area (Å²) >= 11 is 0. The molecule has 0 aliphatic carbocycles. The van der Waals surface area contributed by atoms with Gasteiger partial charge in [-0.25, -0.2) is 4.52 Å². The number of amides is 1. The zero-order valence-electron chi connectivity index (χ0n) is 20.9. The molecule has 35 heavy (non-hydrogen) atoms. The van der Waals surface area contributed by atoms with Crippen molar-refractivity contribution in [3.05, 3.63) is 83.4 Å². The summed E-state index contributed by atoms with van der Waals surface area (Å²) in [5.41, 5.74) is 6.52. The van der Waals surface area contributed by atoms with Gasteiger partial charge in [0.25, 0.3) is 5.91 Å². The molecule has 0 saturated carbocycles. The molecule has 3 aliphatic heterocycles. The lowest BCUT2D eigenvalue weighted by Crippen LogP contribution is -2.46. The molecule has 0 aromatic carbocycles. The molecule has 2 aromatic rings. The van der Waals surface area contributed by atoms with Gasteiger partial charge >= 0.3 is 0 Å². The van der Waals surface area contributed by atoms with Crippen molar-refractivity contribution in [2.75, 3.05) is 32.7 Å². The van der Waals surface area contributed by atoms with E-state index >= 15 is 0 Å². The maximum Gasteiger partial charge on any atom is 0.255 e. The third-order valence-corrected chi connectivity index (χ3v) is 6.74. The Morgan fingerprint density at radius 2 is 1.80 bits per heavy atom. The average Bonchev–Trinajstić information content (AvgIpc) is 3.27. The van der Waals surface area contributed by atoms with Crippen LogP contribution in [0.4, 0.5) is 0 Å². The first-order chi connectivity index (χ1) is 17.1. The molecular weight excluding hydrogens is 436 g/mol. The van der Waals surface area contributed by atoms with Crippen molar-refractivity contribution in [1.82, 2.24) is 29.3 Å². The van der Waals surface area contributed by atoms with Gasteiger partial charge in [0, 0.05) is 49.7 Å². The number of carbonyl (C=O) groups is 1. The molecule has 5 heterocycles. The van der Waals surface area contributed by atoms with Gasteiger partial charge in [-0.2, -0.15) is 5.10 Å². The van der Waals surface area contributed by atoms with Crippen LogP contribution in [-0.2, 0) is 11.2 Å². The molecule has 1 saturated heterocycles. The zero-order valence-corrected chi connectivity index (χ0v) is 20.9. The van der Waals surface area contributed by atoms with Crippen LogP contribution in [0.25, 0.3) is 11.1 Å². The number of allylic oxidation sites excluding steroid dienone is 6. The SMILES string of the molecule is CCCc1nc(C)cn2nc(C3=CC(=O)N4C=C(N5CCN(CCC)CC5)C=C/C4=C\C=C3)cc12. The van der Waals surface area contributed by atoms with Crippen LogP contribution >= 0.6 is 0 Å². The molecular formula is C28H34N6O. The summed E-state index contributed by atoms with van der Waals surface area (Å²) in [6.07, 6.45) is 18.8. The van der Waals surface area contributed by atoms with Gasteiger partial charge in [0.2, 0.25) is 0 Å². The highest BCUT2D eigenvalue weighted by molar-refractivity contribution is 5.99. The summed E-state index contributed by atoms with van der Waals surface area (Å²) in [5.74, 6) is -0.0674. The topological polar surface area (TPSA) is 57.0 Å². The van der Waals surface area contributed by atoms with Crippen molar-refractivity contribution in [3.8, 4) is 0 Å². The van der Waals surface area contributed by atoms with Crippen molar-refractivity contribution in [2.45, 2.75) is 40.0 Å². The summed E-state index contributed by atoms with van der Waals surface area (Å²) in [6.45, 7) is 11.6. The number of piperazine rings is 1. The van der Waals surface area contributed by atoms with Gasteiger partial charge in [-0.05, 0) is 50.6 Å². The predicted octanol–water partition coefficient (Wildman–Crippen LogP) is 4.09. The first-order valence-corrected chi connectivity index (χ1v) is 12.7. The highest BCUT2D eigenvalue weighted by Gasteiger charge is 2.23. The molecule has 0 unspecified atom stereocenters. The lowest BCUT2D eigenvalue weighted by molar-refractivity contribution is -0.122. The zero-order chi connectivity index (χ0) is 24.4. The summed E-state index contributed by atoms with van der Waals surface area (Å²) < 4.78 is 1.89. The second-order valence-corrected chi connectivity index (χ2v) is 9.41. The molecule has 0 N–H and O–H groups in total. The Hall–Kier alpha value is -3.45. The van der Waals surface area contributed by atoms with E-state index in [2.05, 4.69) is 29.7 Å². The second kappa shape index (κ2) is 10.0. The number of carbonyl (C=O) groups excluding carboxylic acids is 1. The van der Waals surface area contributed by atoms with E-state index in [1.54, 1.807) is 11.0 Å². The molecule has 0 bridgehead atoms. The largest absolute Gasteiger partial charge is 0.368 e. The van der Waals surface area contributed by atoms with Crippen molar-refractivity contribution in [1.29, 1.82) is 0 Å². The average molecular weight is 471 g/mol. The van der Waals surface area contributed by atoms with Crippen LogP contribution in [0.3, 0.4) is 0 Å². The van der Waals surface area contributed by atoms with E-state index < -0.39 is 0 Å². The highest BCUT2D eigenvalue weighted by atomic mass is 16.2. The van der Waals surface area contributed by atoms with Gasteiger partial charge in [-0.3, -0.25) is 19.6 Å². The molecule has 0 atom stereocenters. The van der Waals surface area contributed by atoms with E-state index in [4.69, 9.17) is 10.1 Å². The molecule has 3 aliphatic rings. The van der Waals surface area contributed by atoms with Gasteiger partial charge < -0.3 is 4.90 Å². The fraction of sp³-hybridized carbons (Fsp3) is 0.393. The monoisotopic (exact) mass is 470 g/mol. The van der Waals surface area contributed by atoms with Gasteiger partial charge in [-0.15, -0.1) is 0 Å². The summed E-state index contributed by atoms with van der Waals surface area (Å²) in [5, 5.41) is 4.78. The van der Waals surface area contributed by atoms with Gasteiger partial charge in [0.1, 0.15) is 0 Å². The molecule has 0 radical (unpaired) electrons. The molecule has 1 fully saturated rings. The molecule has 5 rings (SSSR count). The third kappa shape index (κ3) is 4.86. The van der Waals surface area contributed by atoms with E-state index in [1.807, 2.05) is 54.2 Å². The normalized spacial score (nSPS) is 20.3. The minimum atomic E-state index is -0.0674. The van der Waals surface area contributed by atoms with E-state index in [0.717, 1.165) is 85.1 Å². The van der Waals surface area contributed by atoms with Crippen molar-refractivity contribution in [2.24, 2.45) is 0 Å². The molecule has 0 spiro atoms. The third-order valence-electron chi connectivity index (χ3n) is 6.74. The van der Waals surface area contributed by atoms with Crippen LogP contribution in [-0.4, -0.2) is 67.9 Å².